The molecule has 0 saturated carbocycles. The van der Waals surface area contributed by atoms with Crippen molar-refractivity contribution in [1.82, 2.24) is 4.57 Å². The number of fused-ring (bicyclic) bond motifs is 2. The number of thioether (sulfide) groups is 1. The summed E-state index contributed by atoms with van der Waals surface area (Å²) in [6, 6.07) is 5.21. The zero-order chi connectivity index (χ0) is 27.9. The third kappa shape index (κ3) is 6.68. The van der Waals surface area contributed by atoms with E-state index < -0.39 is 11.9 Å². The van der Waals surface area contributed by atoms with E-state index in [1.54, 1.807) is 38.1 Å². The van der Waals surface area contributed by atoms with E-state index in [-0.39, 0.29) is 36.5 Å². The number of benzene rings is 1. The van der Waals surface area contributed by atoms with E-state index in [0.717, 1.165) is 51.7 Å². The number of hydrogen-bond donors (Lipinski definition) is 1. The van der Waals surface area contributed by atoms with Gasteiger partial charge in [-0.05, 0) is 56.9 Å². The molecule has 1 aromatic carbocycles. The van der Waals surface area contributed by atoms with Crippen LogP contribution >= 0.6 is 34.4 Å². The lowest BCUT2D eigenvalue weighted by Crippen LogP contribution is -2.19. The standard InChI is InChI=1S/C27H29N3O6S3/c1-4-12-30-18-11-10-16(25(33)35-5-2)13-20(18)39-27(30)29-22(32)15-37-14-21(31)28-24-23(26(34)36-6-3)17-8-7-9-19(17)38-24/h4,10-11,13H,1,5-9,12,14-15H2,2-3H3,(H,28,31). The molecule has 0 unspecified atom stereocenters. The number of ether oxygens (including phenoxy) is 2. The maximum absolute atomic E-state index is 12.7. The van der Waals surface area contributed by atoms with Crippen molar-refractivity contribution in [3.63, 3.8) is 0 Å². The third-order valence-corrected chi connectivity index (χ3v) is 9.00. The van der Waals surface area contributed by atoms with E-state index in [0.29, 0.717) is 27.5 Å². The molecule has 3 aromatic rings. The average Bonchev–Trinajstić information content (AvgIpc) is 3.57. The van der Waals surface area contributed by atoms with Crippen molar-refractivity contribution in [3.8, 4) is 0 Å². The Morgan fingerprint density at radius 3 is 2.62 bits per heavy atom. The SMILES string of the molecule is C=CCn1c(=NC(=O)CSCC(=O)Nc2sc3c(c2C(=O)OCC)CCC3)sc2cc(C(=O)OCC)ccc21. The minimum absolute atomic E-state index is 0.00943. The second-order valence-corrected chi connectivity index (χ2v) is 11.6. The van der Waals surface area contributed by atoms with Crippen LogP contribution in [0.5, 0.6) is 0 Å². The lowest BCUT2D eigenvalue weighted by molar-refractivity contribution is -0.115. The summed E-state index contributed by atoms with van der Waals surface area (Å²) in [4.78, 5) is 55.8. The average molecular weight is 588 g/mol. The summed E-state index contributed by atoms with van der Waals surface area (Å²) < 4.78 is 12.9. The maximum atomic E-state index is 12.7. The van der Waals surface area contributed by atoms with Gasteiger partial charge in [-0.1, -0.05) is 17.4 Å². The Hall–Kier alpha value is -3.22. The lowest BCUT2D eigenvalue weighted by Gasteiger charge is -2.07. The number of hydrogen-bond acceptors (Lipinski definition) is 9. The molecule has 9 nitrogen and oxygen atoms in total. The first-order chi connectivity index (χ1) is 18.9. The Kier molecular flexibility index (Phi) is 9.76. The number of rotatable bonds is 11. The number of amides is 2. The Balaban J connectivity index is 1.42. The fourth-order valence-corrected chi connectivity index (χ4v) is 7.24. The van der Waals surface area contributed by atoms with Gasteiger partial charge < -0.3 is 19.4 Å². The highest BCUT2D eigenvalue weighted by Crippen LogP contribution is 2.39. The van der Waals surface area contributed by atoms with Gasteiger partial charge in [-0.15, -0.1) is 29.7 Å². The van der Waals surface area contributed by atoms with Crippen LogP contribution in [0, 0.1) is 0 Å². The van der Waals surface area contributed by atoms with Crippen molar-refractivity contribution in [2.24, 2.45) is 4.99 Å². The molecule has 4 rings (SSSR count). The van der Waals surface area contributed by atoms with E-state index in [9.17, 15) is 19.2 Å². The molecular formula is C27H29N3O6S3. The minimum atomic E-state index is -0.417. The third-order valence-electron chi connectivity index (χ3n) is 5.84. The fraction of sp³-hybridized carbons (Fsp3) is 0.370. The zero-order valence-electron chi connectivity index (χ0n) is 21.7. The van der Waals surface area contributed by atoms with Gasteiger partial charge in [-0.2, -0.15) is 4.99 Å². The van der Waals surface area contributed by atoms with Gasteiger partial charge >= 0.3 is 11.9 Å². The fourth-order valence-electron chi connectivity index (χ4n) is 4.25. The summed E-state index contributed by atoms with van der Waals surface area (Å²) in [5.74, 6) is -1.46. The molecule has 0 fully saturated rings. The first-order valence-electron chi connectivity index (χ1n) is 12.5. The van der Waals surface area contributed by atoms with E-state index >= 15 is 0 Å². The molecule has 0 spiro atoms. The predicted molar refractivity (Wildman–Crippen MR) is 155 cm³/mol. The van der Waals surface area contributed by atoms with E-state index in [4.69, 9.17) is 9.47 Å². The molecular weight excluding hydrogens is 559 g/mol. The van der Waals surface area contributed by atoms with Crippen LogP contribution in [0.1, 0.15) is 51.4 Å². The molecule has 0 saturated heterocycles. The van der Waals surface area contributed by atoms with Crippen LogP contribution in [0.25, 0.3) is 10.2 Å². The molecule has 0 atom stereocenters. The Morgan fingerprint density at radius 2 is 1.87 bits per heavy atom. The normalized spacial score (nSPS) is 12.8. The smallest absolute Gasteiger partial charge is 0.341 e. The van der Waals surface area contributed by atoms with E-state index in [2.05, 4.69) is 16.9 Å². The molecule has 2 amide bonds. The van der Waals surface area contributed by atoms with Crippen LogP contribution in [0.4, 0.5) is 5.00 Å². The number of nitrogens with zero attached hydrogens (tertiary/aromatic N) is 2. The molecule has 0 bridgehead atoms. The molecule has 0 aliphatic heterocycles. The molecule has 206 valence electrons. The second kappa shape index (κ2) is 13.2. The van der Waals surface area contributed by atoms with E-state index in [1.165, 1.54) is 22.7 Å². The molecule has 39 heavy (non-hydrogen) atoms. The zero-order valence-corrected chi connectivity index (χ0v) is 24.2. The summed E-state index contributed by atoms with van der Waals surface area (Å²) >= 11 is 3.86. The summed E-state index contributed by atoms with van der Waals surface area (Å²) in [5, 5.41) is 3.35. The number of carbonyl (C=O) groups excluding carboxylic acids is 4. The number of esters is 2. The quantitative estimate of drug-likeness (QED) is 0.258. The summed E-state index contributed by atoms with van der Waals surface area (Å²) in [7, 11) is 0. The Bertz CT molecular complexity index is 1500. The molecule has 2 aromatic heterocycles. The number of aromatic nitrogens is 1. The number of thiophene rings is 1. The lowest BCUT2D eigenvalue weighted by atomic mass is 10.1. The van der Waals surface area contributed by atoms with Gasteiger partial charge in [0.2, 0.25) is 5.91 Å². The highest BCUT2D eigenvalue weighted by molar-refractivity contribution is 8.00. The van der Waals surface area contributed by atoms with Gasteiger partial charge in [0.05, 0.1) is 46.1 Å². The molecule has 0 radical (unpaired) electrons. The first kappa shape index (κ1) is 28.8. The van der Waals surface area contributed by atoms with Gasteiger partial charge in [-0.25, -0.2) is 9.59 Å². The predicted octanol–water partition coefficient (Wildman–Crippen LogP) is 4.59. The van der Waals surface area contributed by atoms with Crippen LogP contribution in [0.2, 0.25) is 0 Å². The molecule has 2 heterocycles. The van der Waals surface area contributed by atoms with Crippen LogP contribution in [0.3, 0.4) is 0 Å². The molecule has 1 aliphatic carbocycles. The number of anilines is 1. The number of thiazole rings is 1. The molecule has 1 aliphatic rings. The van der Waals surface area contributed by atoms with Crippen molar-refractivity contribution < 1.29 is 28.7 Å². The van der Waals surface area contributed by atoms with Gasteiger partial charge in [0.15, 0.2) is 4.80 Å². The number of allylic oxidation sites excluding steroid dienone is 1. The first-order valence-corrected chi connectivity index (χ1v) is 15.3. The maximum Gasteiger partial charge on any atom is 0.341 e. The number of aryl methyl sites for hydroxylation is 1. The summed E-state index contributed by atoms with van der Waals surface area (Å²) in [6.45, 7) is 8.27. The van der Waals surface area contributed by atoms with Crippen LogP contribution in [-0.4, -0.2) is 53.0 Å². The summed E-state index contributed by atoms with van der Waals surface area (Å²) in [6.07, 6.45) is 4.39. The highest BCUT2D eigenvalue weighted by Gasteiger charge is 2.28. The van der Waals surface area contributed by atoms with Crippen molar-refractivity contribution in [2.75, 3.05) is 30.0 Å². The van der Waals surface area contributed by atoms with Gasteiger partial charge in [0, 0.05) is 11.4 Å². The van der Waals surface area contributed by atoms with Crippen molar-refractivity contribution in [1.29, 1.82) is 0 Å². The van der Waals surface area contributed by atoms with Gasteiger partial charge in [-0.3, -0.25) is 9.59 Å². The molecule has 12 heteroatoms. The van der Waals surface area contributed by atoms with Crippen molar-refractivity contribution >= 4 is 73.4 Å². The minimum Gasteiger partial charge on any atom is -0.462 e. The molecule has 1 N–H and O–H groups in total. The van der Waals surface area contributed by atoms with Gasteiger partial charge in [0.1, 0.15) is 5.00 Å². The van der Waals surface area contributed by atoms with Gasteiger partial charge in [0.25, 0.3) is 5.91 Å². The second-order valence-electron chi connectivity index (χ2n) is 8.52. The summed E-state index contributed by atoms with van der Waals surface area (Å²) in [5.41, 5.74) is 2.69. The highest BCUT2D eigenvalue weighted by atomic mass is 32.2. The Labute approximate surface area is 237 Å². The van der Waals surface area contributed by atoms with Crippen LogP contribution in [-0.2, 0) is 38.4 Å². The van der Waals surface area contributed by atoms with Crippen LogP contribution < -0.4 is 10.1 Å². The van der Waals surface area contributed by atoms with Crippen molar-refractivity contribution in [3.05, 3.63) is 57.2 Å². The topological polar surface area (TPSA) is 116 Å². The Morgan fingerprint density at radius 1 is 1.10 bits per heavy atom. The largest absolute Gasteiger partial charge is 0.462 e. The van der Waals surface area contributed by atoms with Crippen LogP contribution in [0.15, 0.2) is 35.8 Å². The number of nitrogens with one attached hydrogen (secondary N) is 1. The monoisotopic (exact) mass is 587 g/mol. The van der Waals surface area contributed by atoms with E-state index in [1.807, 2.05) is 4.57 Å². The number of carbonyl (C=O) groups is 4. The van der Waals surface area contributed by atoms with Crippen molar-refractivity contribution in [2.45, 2.75) is 39.7 Å².